The normalized spacial score (nSPS) is 21.9. The zero-order chi connectivity index (χ0) is 13.1. The maximum Gasteiger partial charge on any atom is 0.124 e. The first-order valence-corrected chi connectivity index (χ1v) is 8.21. The van der Waals surface area contributed by atoms with Gasteiger partial charge in [0.2, 0.25) is 0 Å². The summed E-state index contributed by atoms with van der Waals surface area (Å²) in [6.07, 6.45) is -0.218. The summed E-state index contributed by atoms with van der Waals surface area (Å²) in [6.45, 7) is 3.21. The summed E-state index contributed by atoms with van der Waals surface area (Å²) >= 11 is 3.38. The Hall–Kier alpha value is -0.500. The minimum atomic E-state index is -0.218. The van der Waals surface area contributed by atoms with Gasteiger partial charge in [-0.15, -0.1) is 23.7 Å². The standard InChI is InChI=1S/C13H17N3OS2.ClH/c17-12-6-15-4-10(12)3-14-5-11-8-19-13(16-11)9-1-2-18-7-9;/h1-2,7-8,10,12,14-15,17H,3-6H2;1H. The highest BCUT2D eigenvalue weighted by Crippen LogP contribution is 2.25. The third kappa shape index (κ3) is 3.78. The van der Waals surface area contributed by atoms with Gasteiger partial charge in [-0.25, -0.2) is 4.98 Å². The van der Waals surface area contributed by atoms with E-state index < -0.39 is 0 Å². The van der Waals surface area contributed by atoms with Crippen molar-refractivity contribution in [3.05, 3.63) is 27.9 Å². The smallest absolute Gasteiger partial charge is 0.124 e. The molecule has 110 valence electrons. The molecular formula is C13H18ClN3OS2. The number of hydrogen-bond acceptors (Lipinski definition) is 6. The fourth-order valence-corrected chi connectivity index (χ4v) is 3.75. The van der Waals surface area contributed by atoms with Crippen LogP contribution in [0.3, 0.4) is 0 Å². The van der Waals surface area contributed by atoms with E-state index in [4.69, 9.17) is 0 Å². The summed E-state index contributed by atoms with van der Waals surface area (Å²) in [5, 5.41) is 23.6. The number of aliphatic hydroxyl groups is 1. The molecule has 2 atom stereocenters. The molecule has 0 saturated carbocycles. The molecule has 2 unspecified atom stereocenters. The SMILES string of the molecule is Cl.OC1CNCC1CNCc1csc(-c2ccsc2)n1. The zero-order valence-corrected chi connectivity index (χ0v) is 13.4. The van der Waals surface area contributed by atoms with Gasteiger partial charge in [-0.1, -0.05) is 0 Å². The lowest BCUT2D eigenvalue weighted by Gasteiger charge is -2.13. The molecule has 2 aromatic heterocycles. The maximum atomic E-state index is 9.70. The average molecular weight is 332 g/mol. The molecule has 7 heteroatoms. The minimum absolute atomic E-state index is 0. The molecule has 0 bridgehead atoms. The lowest BCUT2D eigenvalue weighted by Crippen LogP contribution is -2.30. The molecule has 3 heterocycles. The molecule has 2 aromatic rings. The summed E-state index contributed by atoms with van der Waals surface area (Å²) < 4.78 is 0. The Balaban J connectivity index is 0.00000147. The number of β-amino-alcohol motifs (C(OH)–C–C–N with tert-alkyl or cyclic N) is 1. The van der Waals surface area contributed by atoms with Gasteiger partial charge in [-0.3, -0.25) is 0 Å². The van der Waals surface area contributed by atoms with Crippen LogP contribution in [0.1, 0.15) is 5.69 Å². The van der Waals surface area contributed by atoms with Crippen molar-refractivity contribution in [3.63, 3.8) is 0 Å². The maximum absolute atomic E-state index is 9.70. The zero-order valence-electron chi connectivity index (χ0n) is 10.9. The van der Waals surface area contributed by atoms with Crippen molar-refractivity contribution in [2.24, 2.45) is 5.92 Å². The molecule has 0 radical (unpaired) electrons. The predicted molar refractivity (Wildman–Crippen MR) is 86.7 cm³/mol. The van der Waals surface area contributed by atoms with Crippen molar-refractivity contribution in [1.82, 2.24) is 15.6 Å². The summed E-state index contributed by atoms with van der Waals surface area (Å²) in [5.41, 5.74) is 2.28. The molecule has 0 aliphatic carbocycles. The third-order valence-electron chi connectivity index (χ3n) is 3.34. The highest BCUT2D eigenvalue weighted by molar-refractivity contribution is 7.14. The van der Waals surface area contributed by atoms with Crippen LogP contribution in [0, 0.1) is 5.92 Å². The second-order valence-electron chi connectivity index (χ2n) is 4.77. The van der Waals surface area contributed by atoms with Crippen molar-refractivity contribution >= 4 is 35.1 Å². The third-order valence-corrected chi connectivity index (χ3v) is 4.96. The van der Waals surface area contributed by atoms with E-state index in [9.17, 15) is 5.11 Å². The minimum Gasteiger partial charge on any atom is -0.391 e. The molecule has 1 fully saturated rings. The molecule has 1 aliphatic rings. The van der Waals surface area contributed by atoms with Gasteiger partial charge < -0.3 is 15.7 Å². The van der Waals surface area contributed by atoms with E-state index in [1.807, 2.05) is 0 Å². The average Bonchev–Trinajstić information content (AvgIpc) is 3.11. The molecule has 3 N–H and O–H groups in total. The topological polar surface area (TPSA) is 57.2 Å². The Morgan fingerprint density at radius 1 is 1.40 bits per heavy atom. The Morgan fingerprint density at radius 2 is 2.30 bits per heavy atom. The van der Waals surface area contributed by atoms with E-state index in [2.05, 4.69) is 37.8 Å². The number of nitrogens with one attached hydrogen (secondary N) is 2. The number of aliphatic hydroxyl groups excluding tert-OH is 1. The van der Waals surface area contributed by atoms with Crippen molar-refractivity contribution in [3.8, 4) is 10.6 Å². The Morgan fingerprint density at radius 3 is 3.00 bits per heavy atom. The van der Waals surface area contributed by atoms with Crippen LogP contribution < -0.4 is 10.6 Å². The number of nitrogens with zero attached hydrogens (tertiary/aromatic N) is 1. The fourth-order valence-electron chi connectivity index (χ4n) is 2.22. The van der Waals surface area contributed by atoms with Crippen molar-refractivity contribution < 1.29 is 5.11 Å². The van der Waals surface area contributed by atoms with Gasteiger partial charge >= 0.3 is 0 Å². The predicted octanol–water partition coefficient (Wildman–Crippen LogP) is 1.96. The summed E-state index contributed by atoms with van der Waals surface area (Å²) in [7, 11) is 0. The summed E-state index contributed by atoms with van der Waals surface area (Å²) in [4.78, 5) is 4.62. The van der Waals surface area contributed by atoms with Crippen molar-refractivity contribution in [2.75, 3.05) is 19.6 Å². The van der Waals surface area contributed by atoms with Crippen LogP contribution in [-0.2, 0) is 6.54 Å². The fraction of sp³-hybridized carbons (Fsp3) is 0.462. The van der Waals surface area contributed by atoms with E-state index >= 15 is 0 Å². The van der Waals surface area contributed by atoms with Gasteiger partial charge in [0.25, 0.3) is 0 Å². The van der Waals surface area contributed by atoms with Gasteiger partial charge in [-0.05, 0) is 11.4 Å². The molecule has 1 aliphatic heterocycles. The van der Waals surface area contributed by atoms with E-state index in [1.165, 1.54) is 5.56 Å². The van der Waals surface area contributed by atoms with Crippen molar-refractivity contribution in [1.29, 1.82) is 0 Å². The van der Waals surface area contributed by atoms with Crippen LogP contribution in [0.2, 0.25) is 0 Å². The first-order valence-electron chi connectivity index (χ1n) is 6.39. The van der Waals surface area contributed by atoms with E-state index in [-0.39, 0.29) is 18.5 Å². The number of hydrogen-bond donors (Lipinski definition) is 3. The molecule has 0 aromatic carbocycles. The second-order valence-corrected chi connectivity index (χ2v) is 6.41. The van der Waals surface area contributed by atoms with Crippen LogP contribution in [0.5, 0.6) is 0 Å². The number of thiophene rings is 1. The highest BCUT2D eigenvalue weighted by atomic mass is 35.5. The van der Waals surface area contributed by atoms with Crippen LogP contribution >= 0.6 is 35.1 Å². The number of halogens is 1. The monoisotopic (exact) mass is 331 g/mol. The molecule has 4 nitrogen and oxygen atoms in total. The van der Waals surface area contributed by atoms with E-state index in [0.717, 1.165) is 30.3 Å². The summed E-state index contributed by atoms with van der Waals surface area (Å²) in [6, 6.07) is 2.10. The number of aromatic nitrogens is 1. The van der Waals surface area contributed by atoms with E-state index in [0.29, 0.717) is 12.5 Å². The van der Waals surface area contributed by atoms with Crippen LogP contribution in [-0.4, -0.2) is 35.8 Å². The molecule has 0 amide bonds. The van der Waals surface area contributed by atoms with Gasteiger partial charge in [0.15, 0.2) is 0 Å². The highest BCUT2D eigenvalue weighted by Gasteiger charge is 2.24. The quantitative estimate of drug-likeness (QED) is 0.784. The van der Waals surface area contributed by atoms with Gasteiger partial charge in [-0.2, -0.15) is 11.3 Å². The van der Waals surface area contributed by atoms with Crippen LogP contribution in [0.25, 0.3) is 10.6 Å². The molecule has 3 rings (SSSR count). The Bertz CT molecular complexity index is 517. The van der Waals surface area contributed by atoms with Crippen LogP contribution in [0.15, 0.2) is 22.2 Å². The van der Waals surface area contributed by atoms with Gasteiger partial charge in [0.05, 0.1) is 11.8 Å². The number of rotatable bonds is 5. The molecule has 20 heavy (non-hydrogen) atoms. The first-order chi connectivity index (χ1) is 9.33. The van der Waals surface area contributed by atoms with Crippen LogP contribution in [0.4, 0.5) is 0 Å². The molecule has 0 spiro atoms. The van der Waals surface area contributed by atoms with Gasteiger partial charge in [0.1, 0.15) is 5.01 Å². The number of thiazole rings is 1. The first kappa shape index (κ1) is 15.9. The van der Waals surface area contributed by atoms with Crippen molar-refractivity contribution in [2.45, 2.75) is 12.6 Å². The van der Waals surface area contributed by atoms with Gasteiger partial charge in [0, 0.05) is 48.4 Å². The van der Waals surface area contributed by atoms with E-state index in [1.54, 1.807) is 22.7 Å². The largest absolute Gasteiger partial charge is 0.391 e. The Labute approximate surface area is 132 Å². The second kappa shape index (κ2) is 7.49. The lowest BCUT2D eigenvalue weighted by atomic mass is 10.1. The summed E-state index contributed by atoms with van der Waals surface area (Å²) in [5.74, 6) is 0.315. The lowest BCUT2D eigenvalue weighted by molar-refractivity contribution is 0.146. The molecule has 1 saturated heterocycles. The Kier molecular flexibility index (Phi) is 5.95. The molecular weight excluding hydrogens is 314 g/mol.